The van der Waals surface area contributed by atoms with Gasteiger partial charge in [-0.1, -0.05) is 20.3 Å². The molecule has 0 aromatic rings. The molecule has 3 amide bonds. The van der Waals surface area contributed by atoms with Gasteiger partial charge in [-0.15, -0.1) is 0 Å². The fourth-order valence-electron chi connectivity index (χ4n) is 1.73. The van der Waals surface area contributed by atoms with E-state index < -0.39 is 18.0 Å². The average Bonchev–Trinajstić information content (AvgIpc) is 2.39. The normalized spacial score (nSPS) is 13.5. The van der Waals surface area contributed by atoms with E-state index in [1.165, 1.54) is 12.0 Å². The number of urea groups is 1. The molecular weight excluding hydrogens is 262 g/mol. The van der Waals surface area contributed by atoms with Crippen LogP contribution in [0.2, 0.25) is 0 Å². The standard InChI is InChI=1S/C13H25N3O4/c1-6-9(4)11(15-13(14)19)12(18)16(8(2)3)7-10(17)20-5/h8-9,11H,6-7H2,1-5H3,(H3,14,15,19). The Morgan fingerprint density at radius 3 is 2.15 bits per heavy atom. The minimum atomic E-state index is -0.759. The van der Waals surface area contributed by atoms with Gasteiger partial charge < -0.3 is 20.7 Å². The van der Waals surface area contributed by atoms with Gasteiger partial charge in [0.15, 0.2) is 0 Å². The molecule has 0 saturated carbocycles. The Morgan fingerprint density at radius 2 is 1.80 bits per heavy atom. The van der Waals surface area contributed by atoms with Crippen molar-refractivity contribution in [3.05, 3.63) is 0 Å². The van der Waals surface area contributed by atoms with Crippen LogP contribution in [0.5, 0.6) is 0 Å². The van der Waals surface area contributed by atoms with Gasteiger partial charge in [-0.25, -0.2) is 4.79 Å². The van der Waals surface area contributed by atoms with Crippen LogP contribution < -0.4 is 11.1 Å². The maximum Gasteiger partial charge on any atom is 0.325 e. The van der Waals surface area contributed by atoms with Gasteiger partial charge in [-0.3, -0.25) is 9.59 Å². The van der Waals surface area contributed by atoms with Crippen molar-refractivity contribution in [3.8, 4) is 0 Å². The number of carbonyl (C=O) groups excluding carboxylic acids is 3. The number of esters is 1. The van der Waals surface area contributed by atoms with Gasteiger partial charge in [0.2, 0.25) is 5.91 Å². The summed E-state index contributed by atoms with van der Waals surface area (Å²) in [6, 6.07) is -1.70. The summed E-state index contributed by atoms with van der Waals surface area (Å²) in [5, 5.41) is 2.45. The molecule has 0 aliphatic rings. The number of primary amides is 1. The summed E-state index contributed by atoms with van der Waals surface area (Å²) in [6.07, 6.45) is 0.695. The van der Waals surface area contributed by atoms with E-state index in [1.807, 2.05) is 13.8 Å². The first-order chi connectivity index (χ1) is 9.24. The molecule has 2 unspecified atom stereocenters. The summed E-state index contributed by atoms with van der Waals surface area (Å²) in [6.45, 7) is 7.18. The highest BCUT2D eigenvalue weighted by molar-refractivity contribution is 5.89. The Balaban J connectivity index is 5.14. The molecule has 0 aliphatic heterocycles. The fourth-order valence-corrected chi connectivity index (χ4v) is 1.73. The van der Waals surface area contributed by atoms with Crippen LogP contribution in [-0.4, -0.2) is 48.5 Å². The van der Waals surface area contributed by atoms with Crippen LogP contribution in [0.4, 0.5) is 4.79 Å². The van der Waals surface area contributed by atoms with Crippen molar-refractivity contribution in [2.45, 2.75) is 46.2 Å². The number of nitrogens with one attached hydrogen (secondary N) is 1. The van der Waals surface area contributed by atoms with Crippen LogP contribution in [0.15, 0.2) is 0 Å². The molecule has 0 radical (unpaired) electrons. The third-order valence-corrected chi connectivity index (χ3v) is 3.21. The van der Waals surface area contributed by atoms with E-state index in [4.69, 9.17) is 5.73 Å². The van der Waals surface area contributed by atoms with E-state index in [9.17, 15) is 14.4 Å². The Bertz CT molecular complexity index is 358. The molecule has 0 fully saturated rings. The Labute approximate surface area is 119 Å². The molecule has 20 heavy (non-hydrogen) atoms. The third-order valence-electron chi connectivity index (χ3n) is 3.21. The van der Waals surface area contributed by atoms with E-state index in [-0.39, 0.29) is 24.4 Å². The molecule has 0 aliphatic carbocycles. The molecule has 2 atom stereocenters. The molecular formula is C13H25N3O4. The van der Waals surface area contributed by atoms with Gasteiger partial charge in [0, 0.05) is 6.04 Å². The lowest BCUT2D eigenvalue weighted by Gasteiger charge is -2.32. The van der Waals surface area contributed by atoms with E-state index in [0.717, 1.165) is 0 Å². The predicted molar refractivity (Wildman–Crippen MR) is 74.8 cm³/mol. The number of ether oxygens (including phenoxy) is 1. The zero-order valence-corrected chi connectivity index (χ0v) is 12.8. The van der Waals surface area contributed by atoms with Crippen molar-refractivity contribution in [3.63, 3.8) is 0 Å². The second-order valence-corrected chi connectivity index (χ2v) is 5.01. The van der Waals surface area contributed by atoms with Crippen molar-refractivity contribution in [2.75, 3.05) is 13.7 Å². The van der Waals surface area contributed by atoms with Crippen LogP contribution >= 0.6 is 0 Å². The van der Waals surface area contributed by atoms with Crippen LogP contribution in [-0.2, 0) is 14.3 Å². The number of methoxy groups -OCH3 is 1. The molecule has 3 N–H and O–H groups in total. The van der Waals surface area contributed by atoms with Crippen LogP contribution in [0, 0.1) is 5.92 Å². The van der Waals surface area contributed by atoms with Gasteiger partial charge in [0.25, 0.3) is 0 Å². The topological polar surface area (TPSA) is 102 Å². The summed E-state index contributed by atoms with van der Waals surface area (Å²) in [7, 11) is 1.26. The first kappa shape index (κ1) is 18.2. The van der Waals surface area contributed by atoms with E-state index in [0.29, 0.717) is 6.42 Å². The lowest BCUT2D eigenvalue weighted by Crippen LogP contribution is -2.55. The number of nitrogens with two attached hydrogens (primary N) is 1. The van der Waals surface area contributed by atoms with Crippen LogP contribution in [0.1, 0.15) is 34.1 Å². The molecule has 7 nitrogen and oxygen atoms in total. The number of hydrogen-bond donors (Lipinski definition) is 2. The molecule has 116 valence electrons. The number of carbonyl (C=O) groups is 3. The number of nitrogens with zero attached hydrogens (tertiary/aromatic N) is 1. The van der Waals surface area contributed by atoms with Gasteiger partial charge in [0.1, 0.15) is 12.6 Å². The first-order valence-electron chi connectivity index (χ1n) is 6.67. The Morgan fingerprint density at radius 1 is 1.25 bits per heavy atom. The third kappa shape index (κ3) is 5.46. The largest absolute Gasteiger partial charge is 0.468 e. The molecule has 0 bridgehead atoms. The highest BCUT2D eigenvalue weighted by atomic mass is 16.5. The highest BCUT2D eigenvalue weighted by Gasteiger charge is 2.31. The van der Waals surface area contributed by atoms with Crippen molar-refractivity contribution in [1.29, 1.82) is 0 Å². The van der Waals surface area contributed by atoms with Crippen LogP contribution in [0.3, 0.4) is 0 Å². The molecule has 0 spiro atoms. The zero-order chi connectivity index (χ0) is 15.9. The van der Waals surface area contributed by atoms with Gasteiger partial charge in [-0.2, -0.15) is 0 Å². The van der Waals surface area contributed by atoms with Gasteiger partial charge >= 0.3 is 12.0 Å². The number of hydrogen-bond acceptors (Lipinski definition) is 4. The lowest BCUT2D eigenvalue weighted by molar-refractivity contribution is -0.149. The minimum Gasteiger partial charge on any atom is -0.468 e. The molecule has 7 heteroatoms. The van der Waals surface area contributed by atoms with Crippen molar-refractivity contribution >= 4 is 17.9 Å². The highest BCUT2D eigenvalue weighted by Crippen LogP contribution is 2.13. The maximum atomic E-state index is 12.5. The molecule has 0 heterocycles. The summed E-state index contributed by atoms with van der Waals surface area (Å²) in [5.41, 5.74) is 5.11. The smallest absolute Gasteiger partial charge is 0.325 e. The molecule has 0 rings (SSSR count). The average molecular weight is 287 g/mol. The fraction of sp³-hybridized carbons (Fsp3) is 0.769. The summed E-state index contributed by atoms with van der Waals surface area (Å²) in [4.78, 5) is 36.3. The molecule has 0 aromatic carbocycles. The predicted octanol–water partition coefficient (Wildman–Crippen LogP) is 0.479. The van der Waals surface area contributed by atoms with Crippen molar-refractivity contribution < 1.29 is 19.1 Å². The monoisotopic (exact) mass is 287 g/mol. The first-order valence-corrected chi connectivity index (χ1v) is 6.67. The quantitative estimate of drug-likeness (QED) is 0.665. The van der Waals surface area contributed by atoms with E-state index in [2.05, 4.69) is 10.1 Å². The number of rotatable bonds is 7. The summed E-state index contributed by atoms with van der Waals surface area (Å²) >= 11 is 0. The molecule has 0 aromatic heterocycles. The maximum absolute atomic E-state index is 12.5. The Kier molecular flexibility index (Phi) is 7.64. The summed E-state index contributed by atoms with van der Waals surface area (Å²) < 4.78 is 4.58. The van der Waals surface area contributed by atoms with Crippen molar-refractivity contribution in [1.82, 2.24) is 10.2 Å². The van der Waals surface area contributed by atoms with E-state index in [1.54, 1.807) is 13.8 Å². The molecule has 0 saturated heterocycles. The second-order valence-electron chi connectivity index (χ2n) is 5.01. The van der Waals surface area contributed by atoms with E-state index >= 15 is 0 Å². The van der Waals surface area contributed by atoms with Gasteiger partial charge in [-0.05, 0) is 19.8 Å². The van der Waals surface area contributed by atoms with Crippen molar-refractivity contribution in [2.24, 2.45) is 11.7 Å². The minimum absolute atomic E-state index is 0.0890. The van der Waals surface area contributed by atoms with Crippen LogP contribution in [0.25, 0.3) is 0 Å². The zero-order valence-electron chi connectivity index (χ0n) is 12.8. The Hall–Kier alpha value is -1.79. The summed E-state index contributed by atoms with van der Waals surface area (Å²) in [5.74, 6) is -0.929. The van der Waals surface area contributed by atoms with Gasteiger partial charge in [0.05, 0.1) is 7.11 Å². The lowest BCUT2D eigenvalue weighted by atomic mass is 9.97. The SMILES string of the molecule is CCC(C)C(NC(N)=O)C(=O)N(CC(=O)OC)C(C)C. The second kappa shape index (κ2) is 8.39. The number of amides is 3.